The molecule has 18 nitrogen and oxygen atoms in total. The van der Waals surface area contributed by atoms with Crippen LogP contribution in [0, 0.1) is 17.8 Å². The van der Waals surface area contributed by atoms with Crippen LogP contribution in [0.15, 0.2) is 72.9 Å². The predicted molar refractivity (Wildman–Crippen MR) is 237 cm³/mol. The van der Waals surface area contributed by atoms with Crippen LogP contribution in [0.3, 0.4) is 0 Å². The number of carboxylic acid groups (broad SMARTS) is 1. The van der Waals surface area contributed by atoms with E-state index in [-0.39, 0.29) is 38.0 Å². The minimum Gasteiger partial charge on any atom is -0.481 e. The summed E-state index contributed by atoms with van der Waals surface area (Å²) in [5.74, 6) is -7.03. The standard InChI is InChI=1S/C47H75NO17/c1-27-18-16-14-12-10-8-6-5-7-9-11-13-15-17-19-37(64-46-43(58)40(48)42(57)30(4)63-46)44-39(45(59)60)36(54)26-47(61,65-44)25-35(53)34(52)21-20-31(49)22-32(50)23-33(51)24-38(55)62-29(3)28(2)41(27)56/h5-7,9,11-18,27-37,39-44,46,49-54,56-58,61H,8,10,19-26,48H2,1-4H3,(H,59,60)/b6-5+,9-7-,13-11+,14-12+,17-15+,18-16+/t27-,28+,29-,30-,31+,32+,33+,34-,35+,36+,37+,39+,40+,41-,42+,43+,44-,46+,47+/m1/s1. The Morgan fingerprint density at radius 2 is 1.29 bits per heavy atom. The van der Waals surface area contributed by atoms with Gasteiger partial charge in [-0.15, -0.1) is 0 Å². The number of hydrogen-bond donors (Lipinski definition) is 12. The van der Waals surface area contributed by atoms with Crippen molar-refractivity contribution in [3.05, 3.63) is 72.9 Å². The summed E-state index contributed by atoms with van der Waals surface area (Å²) in [6, 6.07) is -1.20. The highest BCUT2D eigenvalue weighted by Gasteiger charge is 2.54. The van der Waals surface area contributed by atoms with Crippen LogP contribution in [-0.4, -0.2) is 166 Å². The third-order valence-electron chi connectivity index (χ3n) is 12.3. The lowest BCUT2D eigenvalue weighted by molar-refractivity contribution is -0.339. The van der Waals surface area contributed by atoms with Crippen molar-refractivity contribution in [2.24, 2.45) is 23.5 Å². The molecule has 19 atom stereocenters. The van der Waals surface area contributed by atoms with E-state index in [4.69, 9.17) is 24.7 Å². The highest BCUT2D eigenvalue weighted by Crippen LogP contribution is 2.39. The van der Waals surface area contributed by atoms with Crippen molar-refractivity contribution in [1.82, 2.24) is 0 Å². The maximum atomic E-state index is 12.6. The van der Waals surface area contributed by atoms with Crippen LogP contribution in [-0.2, 0) is 28.5 Å². The highest BCUT2D eigenvalue weighted by atomic mass is 16.7. The normalized spacial score (nSPS) is 45.2. The van der Waals surface area contributed by atoms with Crippen molar-refractivity contribution in [2.45, 2.75) is 189 Å². The Labute approximate surface area is 381 Å². The lowest BCUT2D eigenvalue weighted by atomic mass is 9.82. The van der Waals surface area contributed by atoms with Gasteiger partial charge in [0.2, 0.25) is 0 Å². The number of rotatable bonds is 3. The number of fused-ring (bicyclic) bond motifs is 2. The van der Waals surface area contributed by atoms with E-state index < -0.39 is 141 Å². The highest BCUT2D eigenvalue weighted by molar-refractivity contribution is 5.72. The second kappa shape index (κ2) is 27.6. The summed E-state index contributed by atoms with van der Waals surface area (Å²) in [6.45, 7) is 6.75. The number of carboxylic acids is 1. The summed E-state index contributed by atoms with van der Waals surface area (Å²) >= 11 is 0. The van der Waals surface area contributed by atoms with Gasteiger partial charge in [0.05, 0.1) is 73.5 Å². The second-order valence-corrected chi connectivity index (χ2v) is 17.8. The number of hydrogen-bond acceptors (Lipinski definition) is 17. The van der Waals surface area contributed by atoms with E-state index in [0.717, 1.165) is 12.8 Å². The van der Waals surface area contributed by atoms with Gasteiger partial charge in [-0.2, -0.15) is 0 Å². The number of carbonyl (C=O) groups excluding carboxylic acids is 1. The van der Waals surface area contributed by atoms with Gasteiger partial charge in [0, 0.05) is 24.7 Å². The van der Waals surface area contributed by atoms with Crippen molar-refractivity contribution < 1.29 is 84.7 Å². The Hall–Kier alpha value is -3.18. The third kappa shape index (κ3) is 18.4. The Kier molecular flexibility index (Phi) is 23.8. The van der Waals surface area contributed by atoms with Gasteiger partial charge in [0.15, 0.2) is 12.1 Å². The topological polar surface area (TPSA) is 320 Å². The molecule has 13 N–H and O–H groups in total. The molecule has 18 heteroatoms. The average Bonchev–Trinajstić information content (AvgIpc) is 3.22. The molecule has 0 saturated carbocycles. The van der Waals surface area contributed by atoms with Crippen LogP contribution in [0.2, 0.25) is 0 Å². The smallest absolute Gasteiger partial charge is 0.311 e. The number of aliphatic hydroxyl groups is 10. The van der Waals surface area contributed by atoms with Gasteiger partial charge in [-0.3, -0.25) is 9.59 Å². The largest absolute Gasteiger partial charge is 0.481 e. The third-order valence-corrected chi connectivity index (χ3v) is 12.3. The number of allylic oxidation sites excluding steroid dienone is 10. The van der Waals surface area contributed by atoms with Crippen LogP contribution in [0.5, 0.6) is 0 Å². The van der Waals surface area contributed by atoms with Crippen molar-refractivity contribution in [3.63, 3.8) is 0 Å². The predicted octanol–water partition coefficient (Wildman–Crippen LogP) is 0.936. The molecular formula is C47H75NO17. The molecular weight excluding hydrogens is 851 g/mol. The summed E-state index contributed by atoms with van der Waals surface area (Å²) < 4.78 is 23.3. The zero-order valence-corrected chi connectivity index (χ0v) is 37.8. The lowest BCUT2D eigenvalue weighted by Gasteiger charge is -2.47. The van der Waals surface area contributed by atoms with Gasteiger partial charge < -0.3 is 80.9 Å². The van der Waals surface area contributed by atoms with Crippen LogP contribution in [0.1, 0.15) is 91.9 Å². The Balaban J connectivity index is 1.85. The average molecular weight is 926 g/mol. The first-order valence-corrected chi connectivity index (χ1v) is 22.6. The molecule has 2 fully saturated rings. The fourth-order valence-corrected chi connectivity index (χ4v) is 8.11. The monoisotopic (exact) mass is 926 g/mol. The Morgan fingerprint density at radius 1 is 0.708 bits per heavy atom. The number of ether oxygens (including phenoxy) is 4. The van der Waals surface area contributed by atoms with E-state index in [1.807, 2.05) is 49.5 Å². The molecule has 3 aliphatic rings. The van der Waals surface area contributed by atoms with Gasteiger partial charge in [0.1, 0.15) is 24.2 Å². The number of cyclic esters (lactones) is 1. The molecule has 0 unspecified atom stereocenters. The summed E-state index contributed by atoms with van der Waals surface area (Å²) in [4.78, 5) is 25.2. The molecule has 0 aromatic carbocycles. The minimum absolute atomic E-state index is 0.111. The van der Waals surface area contributed by atoms with E-state index >= 15 is 0 Å². The number of nitrogens with two attached hydrogens (primary N) is 1. The number of carbonyl (C=O) groups is 2. The van der Waals surface area contributed by atoms with E-state index in [9.17, 15) is 65.8 Å². The molecule has 370 valence electrons. The Morgan fingerprint density at radius 3 is 1.94 bits per heavy atom. The maximum Gasteiger partial charge on any atom is 0.311 e. The first-order valence-electron chi connectivity index (χ1n) is 22.6. The fourth-order valence-electron chi connectivity index (χ4n) is 8.11. The molecule has 0 spiro atoms. The molecule has 0 amide bonds. The zero-order chi connectivity index (χ0) is 48.4. The van der Waals surface area contributed by atoms with Gasteiger partial charge in [-0.05, 0) is 58.8 Å². The molecule has 2 bridgehead atoms. The Bertz CT molecular complexity index is 1620. The van der Waals surface area contributed by atoms with Gasteiger partial charge >= 0.3 is 11.9 Å². The number of aliphatic carboxylic acids is 1. The fraction of sp³-hybridized carbons (Fsp3) is 0.702. The summed E-state index contributed by atoms with van der Waals surface area (Å²) in [5, 5.41) is 119. The molecule has 3 rings (SSSR count). The van der Waals surface area contributed by atoms with Crippen LogP contribution >= 0.6 is 0 Å². The van der Waals surface area contributed by atoms with Crippen molar-refractivity contribution in [1.29, 1.82) is 0 Å². The zero-order valence-electron chi connectivity index (χ0n) is 37.8. The second-order valence-electron chi connectivity index (χ2n) is 17.8. The van der Waals surface area contributed by atoms with Crippen molar-refractivity contribution in [3.8, 4) is 0 Å². The molecule has 0 aromatic rings. The molecule has 2 saturated heterocycles. The molecule has 0 radical (unpaired) electrons. The SMILES string of the molecule is C[C@@H]1[C@H](O)[C@H](C)/C=C/C=C/CC/C=C/C=C\C=C\C=C\C[C@H](O[C@@H]2O[C@H](C)[C@H](O)[C@H](N)[C@@H]2O)[C@H]2O[C@](O)(C[C@H](O)[C@@H]2C(=O)O)C[C@H](O)[C@H](O)CC[C@H](O)C[C@H](O)C[C@H](O)CC(=O)O[C@@H]1C. The van der Waals surface area contributed by atoms with Crippen LogP contribution in [0.25, 0.3) is 0 Å². The number of esters is 1. The van der Waals surface area contributed by atoms with E-state index in [2.05, 4.69) is 0 Å². The van der Waals surface area contributed by atoms with E-state index in [1.165, 1.54) is 6.92 Å². The number of aliphatic hydroxyl groups excluding tert-OH is 9. The lowest BCUT2D eigenvalue weighted by Crippen LogP contribution is -2.63. The van der Waals surface area contributed by atoms with Crippen molar-refractivity contribution in [2.75, 3.05) is 0 Å². The molecule has 65 heavy (non-hydrogen) atoms. The maximum absolute atomic E-state index is 12.6. The summed E-state index contributed by atoms with van der Waals surface area (Å²) in [5.41, 5.74) is 6.03. The first-order chi connectivity index (χ1) is 30.6. The molecule has 0 aliphatic carbocycles. The van der Waals surface area contributed by atoms with Crippen LogP contribution < -0.4 is 5.73 Å². The van der Waals surface area contributed by atoms with Gasteiger partial charge in [0.25, 0.3) is 0 Å². The first kappa shape index (κ1) is 56.1. The summed E-state index contributed by atoms with van der Waals surface area (Å²) in [6.07, 6.45) is 1.78. The molecule has 0 aromatic heterocycles. The molecule has 3 aliphatic heterocycles. The minimum atomic E-state index is -2.42. The van der Waals surface area contributed by atoms with E-state index in [0.29, 0.717) is 0 Å². The van der Waals surface area contributed by atoms with E-state index in [1.54, 1.807) is 44.2 Å². The van der Waals surface area contributed by atoms with Crippen molar-refractivity contribution >= 4 is 11.9 Å². The van der Waals surface area contributed by atoms with Gasteiger partial charge in [-0.1, -0.05) is 86.8 Å². The quantitative estimate of drug-likeness (QED) is 0.175. The van der Waals surface area contributed by atoms with Crippen LogP contribution in [0.4, 0.5) is 0 Å². The van der Waals surface area contributed by atoms with Gasteiger partial charge in [-0.25, -0.2) is 0 Å². The molecule has 3 heterocycles. The summed E-state index contributed by atoms with van der Waals surface area (Å²) in [7, 11) is 0.